The average molecular weight is 372 g/mol. The first-order valence-electron chi connectivity index (χ1n) is 7.16. The molecule has 0 bridgehead atoms. The van der Waals surface area contributed by atoms with E-state index in [2.05, 4.69) is 4.74 Å². The largest absolute Gasteiger partial charge is 0.493 e. The van der Waals surface area contributed by atoms with Gasteiger partial charge in [-0.1, -0.05) is 11.8 Å². The van der Waals surface area contributed by atoms with Gasteiger partial charge in [-0.3, -0.25) is 14.4 Å². The van der Waals surface area contributed by atoms with Crippen LogP contribution >= 0.6 is 11.8 Å². The smallest absolute Gasteiger partial charge is 0.321 e. The highest BCUT2D eigenvalue weighted by Gasteiger charge is 2.30. The van der Waals surface area contributed by atoms with Crippen LogP contribution in [-0.2, 0) is 14.3 Å². The van der Waals surface area contributed by atoms with Crippen molar-refractivity contribution in [3.05, 3.63) is 17.7 Å². The molecule has 138 valence electrons. The summed E-state index contributed by atoms with van der Waals surface area (Å²) in [4.78, 5) is 35.4. The number of methoxy groups -OCH3 is 3. The van der Waals surface area contributed by atoms with Gasteiger partial charge in [0.05, 0.1) is 27.4 Å². The Balaban J connectivity index is 3.21. The normalized spacial score (nSPS) is 12.7. The number of esters is 2. The number of benzene rings is 1. The highest BCUT2D eigenvalue weighted by molar-refractivity contribution is 8.15. The monoisotopic (exact) mass is 372 g/mol. The molecule has 1 N–H and O–H groups in total. The molecule has 0 aliphatic heterocycles. The maximum atomic E-state index is 12.5. The first-order valence-corrected chi connectivity index (χ1v) is 8.04. The number of carbonyl (C=O) groups excluding carboxylic acids is 3. The van der Waals surface area contributed by atoms with Crippen molar-refractivity contribution in [1.29, 1.82) is 0 Å². The molecule has 2 atom stereocenters. The molecular weight excluding hydrogens is 352 g/mol. The third kappa shape index (κ3) is 5.36. The maximum absolute atomic E-state index is 12.5. The SMILES string of the molecule is COC(=O)C(SC(=O)c1cc(OC)c(OC(C)=O)c(OC)c1)C(C)O. The van der Waals surface area contributed by atoms with Crippen LogP contribution in [-0.4, -0.2) is 54.8 Å². The molecule has 0 amide bonds. The van der Waals surface area contributed by atoms with Crippen molar-refractivity contribution in [2.24, 2.45) is 0 Å². The van der Waals surface area contributed by atoms with E-state index in [9.17, 15) is 19.5 Å². The molecule has 0 spiro atoms. The molecule has 0 fully saturated rings. The van der Waals surface area contributed by atoms with E-state index in [-0.39, 0.29) is 22.8 Å². The number of aliphatic hydroxyl groups is 1. The number of thioether (sulfide) groups is 1. The van der Waals surface area contributed by atoms with Gasteiger partial charge in [0.2, 0.25) is 10.9 Å². The summed E-state index contributed by atoms with van der Waals surface area (Å²) in [6, 6.07) is 2.71. The van der Waals surface area contributed by atoms with Gasteiger partial charge in [-0.25, -0.2) is 0 Å². The highest BCUT2D eigenvalue weighted by Crippen LogP contribution is 2.40. The van der Waals surface area contributed by atoms with E-state index < -0.39 is 28.4 Å². The average Bonchev–Trinajstić information content (AvgIpc) is 2.57. The number of aliphatic hydroxyl groups excluding tert-OH is 1. The molecular formula is C16H20O8S. The van der Waals surface area contributed by atoms with Crippen LogP contribution in [0.2, 0.25) is 0 Å². The summed E-state index contributed by atoms with van der Waals surface area (Å²) in [5.74, 6) is -1.02. The molecule has 2 unspecified atom stereocenters. The van der Waals surface area contributed by atoms with Crippen LogP contribution in [0, 0.1) is 0 Å². The number of ether oxygens (including phenoxy) is 4. The Morgan fingerprint density at radius 1 is 1.08 bits per heavy atom. The molecule has 0 aliphatic carbocycles. The van der Waals surface area contributed by atoms with Crippen molar-refractivity contribution in [1.82, 2.24) is 0 Å². The van der Waals surface area contributed by atoms with Crippen molar-refractivity contribution in [2.75, 3.05) is 21.3 Å². The summed E-state index contributed by atoms with van der Waals surface area (Å²) in [6.45, 7) is 2.60. The Hall–Kier alpha value is -2.26. The Bertz CT molecular complexity index is 631. The summed E-state index contributed by atoms with van der Waals surface area (Å²) in [5.41, 5.74) is 0.143. The topological polar surface area (TPSA) is 108 Å². The van der Waals surface area contributed by atoms with Gasteiger partial charge in [0.25, 0.3) is 0 Å². The van der Waals surface area contributed by atoms with Gasteiger partial charge in [-0.2, -0.15) is 0 Å². The van der Waals surface area contributed by atoms with Gasteiger partial charge < -0.3 is 24.1 Å². The van der Waals surface area contributed by atoms with Crippen molar-refractivity contribution in [3.63, 3.8) is 0 Å². The summed E-state index contributed by atoms with van der Waals surface area (Å²) >= 11 is 0.614. The molecule has 0 aliphatic rings. The van der Waals surface area contributed by atoms with Crippen LogP contribution in [0.3, 0.4) is 0 Å². The number of rotatable bonds is 7. The van der Waals surface area contributed by atoms with E-state index >= 15 is 0 Å². The molecule has 9 heteroatoms. The van der Waals surface area contributed by atoms with Gasteiger partial charge in [0, 0.05) is 12.5 Å². The summed E-state index contributed by atoms with van der Waals surface area (Å²) in [6.07, 6.45) is -1.09. The lowest BCUT2D eigenvalue weighted by Gasteiger charge is -2.17. The zero-order valence-electron chi connectivity index (χ0n) is 14.5. The van der Waals surface area contributed by atoms with E-state index in [0.717, 1.165) is 0 Å². The minimum Gasteiger partial charge on any atom is -0.493 e. The van der Waals surface area contributed by atoms with Crippen molar-refractivity contribution >= 4 is 28.8 Å². The summed E-state index contributed by atoms with van der Waals surface area (Å²) in [5, 5.41) is 8.08. The lowest BCUT2D eigenvalue weighted by Crippen LogP contribution is -2.31. The third-order valence-corrected chi connectivity index (χ3v) is 4.34. The van der Waals surface area contributed by atoms with Gasteiger partial charge >= 0.3 is 11.9 Å². The predicted molar refractivity (Wildman–Crippen MR) is 90.3 cm³/mol. The minimum absolute atomic E-state index is 0.0408. The molecule has 0 saturated carbocycles. The molecule has 1 aromatic rings. The molecule has 0 radical (unpaired) electrons. The maximum Gasteiger partial charge on any atom is 0.321 e. The van der Waals surface area contributed by atoms with Crippen LogP contribution < -0.4 is 14.2 Å². The second-order valence-electron chi connectivity index (χ2n) is 4.89. The van der Waals surface area contributed by atoms with Crippen LogP contribution in [0.15, 0.2) is 12.1 Å². The van der Waals surface area contributed by atoms with Crippen LogP contribution in [0.25, 0.3) is 0 Å². The highest BCUT2D eigenvalue weighted by atomic mass is 32.2. The Kier molecular flexibility index (Phi) is 7.72. The van der Waals surface area contributed by atoms with Crippen LogP contribution in [0.1, 0.15) is 24.2 Å². The van der Waals surface area contributed by atoms with Crippen molar-refractivity contribution in [2.45, 2.75) is 25.2 Å². The number of hydrogen-bond acceptors (Lipinski definition) is 9. The first-order chi connectivity index (χ1) is 11.7. The lowest BCUT2D eigenvalue weighted by molar-refractivity contribution is -0.141. The molecule has 1 rings (SSSR count). The molecule has 8 nitrogen and oxygen atoms in total. The van der Waals surface area contributed by atoms with E-state index in [0.29, 0.717) is 11.8 Å². The fraction of sp³-hybridized carbons (Fsp3) is 0.438. The second kappa shape index (κ2) is 9.28. The summed E-state index contributed by atoms with van der Waals surface area (Å²) < 4.78 is 19.9. The van der Waals surface area contributed by atoms with Gasteiger partial charge in [0.1, 0.15) is 5.25 Å². The molecule has 25 heavy (non-hydrogen) atoms. The van der Waals surface area contributed by atoms with Gasteiger partial charge in [-0.15, -0.1) is 0 Å². The van der Waals surface area contributed by atoms with Crippen molar-refractivity contribution in [3.8, 4) is 17.2 Å². The Labute approximate surface area is 149 Å². The van der Waals surface area contributed by atoms with E-state index in [4.69, 9.17) is 14.2 Å². The zero-order chi connectivity index (χ0) is 19.1. The predicted octanol–water partition coefficient (Wildman–Crippen LogP) is 1.42. The van der Waals surface area contributed by atoms with Gasteiger partial charge in [-0.05, 0) is 19.1 Å². The molecule has 0 heterocycles. The summed E-state index contributed by atoms with van der Waals surface area (Å²) in [7, 11) is 3.86. The number of hydrogen-bond donors (Lipinski definition) is 1. The second-order valence-corrected chi connectivity index (χ2v) is 6.01. The third-order valence-electron chi connectivity index (χ3n) is 3.05. The Morgan fingerprint density at radius 2 is 1.60 bits per heavy atom. The molecule has 1 aromatic carbocycles. The van der Waals surface area contributed by atoms with E-state index in [1.165, 1.54) is 47.3 Å². The standard InChI is InChI=1S/C16H20O8S/c1-8(17)14(15(19)23-5)25-16(20)10-6-11(21-3)13(24-9(2)18)12(7-10)22-4/h6-8,14,17H,1-5H3. The van der Waals surface area contributed by atoms with Crippen LogP contribution in [0.5, 0.6) is 17.2 Å². The molecule has 0 aromatic heterocycles. The Morgan fingerprint density at radius 3 is 1.96 bits per heavy atom. The fourth-order valence-corrected chi connectivity index (χ4v) is 2.76. The van der Waals surface area contributed by atoms with Crippen molar-refractivity contribution < 1.29 is 38.4 Å². The van der Waals surface area contributed by atoms with Gasteiger partial charge in [0.15, 0.2) is 11.5 Å². The number of carbonyl (C=O) groups is 3. The molecule has 0 saturated heterocycles. The first kappa shape index (κ1) is 20.8. The zero-order valence-corrected chi connectivity index (χ0v) is 15.3. The fourth-order valence-electron chi connectivity index (χ4n) is 1.89. The van der Waals surface area contributed by atoms with Crippen LogP contribution in [0.4, 0.5) is 0 Å². The van der Waals surface area contributed by atoms with E-state index in [1.807, 2.05) is 0 Å². The quantitative estimate of drug-likeness (QED) is 0.561. The van der Waals surface area contributed by atoms with E-state index in [1.54, 1.807) is 0 Å². The lowest BCUT2D eigenvalue weighted by atomic mass is 10.2. The minimum atomic E-state index is -1.09.